The van der Waals surface area contributed by atoms with E-state index in [9.17, 15) is 4.79 Å². The molecule has 0 bridgehead atoms. The maximum atomic E-state index is 13.4. The number of nitrogens with one attached hydrogen (secondary N) is 3. The zero-order valence-corrected chi connectivity index (χ0v) is 25.2. The molecule has 4 aromatic rings. The first-order chi connectivity index (χ1) is 20.3. The van der Waals surface area contributed by atoms with Gasteiger partial charge < -0.3 is 25.4 Å². The first-order valence-electron chi connectivity index (χ1n) is 14.6. The van der Waals surface area contributed by atoms with Gasteiger partial charge in [-0.05, 0) is 53.6 Å². The second kappa shape index (κ2) is 12.8. The Morgan fingerprint density at radius 1 is 0.929 bits per heavy atom. The summed E-state index contributed by atoms with van der Waals surface area (Å²) < 4.78 is 11.2. The van der Waals surface area contributed by atoms with Crippen molar-refractivity contribution < 1.29 is 14.3 Å². The van der Waals surface area contributed by atoms with Crippen molar-refractivity contribution >= 4 is 33.9 Å². The number of benzene rings is 3. The lowest BCUT2D eigenvalue weighted by Gasteiger charge is -2.26. The fraction of sp³-hybridized carbons (Fsp3) is 0.353. The number of hydrogen-bond donors (Lipinski definition) is 3. The van der Waals surface area contributed by atoms with E-state index in [1.165, 1.54) is 0 Å². The summed E-state index contributed by atoms with van der Waals surface area (Å²) in [6, 6.07) is 22.0. The average Bonchev–Trinajstić information content (AvgIpc) is 2.97. The van der Waals surface area contributed by atoms with Gasteiger partial charge in [0.15, 0.2) is 5.75 Å². The van der Waals surface area contributed by atoms with Gasteiger partial charge >= 0.3 is 6.03 Å². The third-order valence-corrected chi connectivity index (χ3v) is 7.52. The largest absolute Gasteiger partial charge is 0.492 e. The van der Waals surface area contributed by atoms with Crippen LogP contribution in [0.2, 0.25) is 0 Å². The van der Waals surface area contributed by atoms with Crippen LogP contribution in [-0.2, 0) is 16.7 Å². The van der Waals surface area contributed by atoms with Gasteiger partial charge in [-0.1, -0.05) is 57.2 Å². The molecular formula is C34H41N5O3. The molecule has 0 atom stereocenters. The number of carbonyl (C=O) groups excluding carboxylic acids is 1. The van der Waals surface area contributed by atoms with Crippen LogP contribution in [0.5, 0.6) is 5.75 Å². The van der Waals surface area contributed by atoms with E-state index < -0.39 is 0 Å². The van der Waals surface area contributed by atoms with Crippen LogP contribution in [0.4, 0.5) is 21.9 Å². The molecule has 1 aliphatic heterocycles. The number of anilines is 3. The second-order valence-electron chi connectivity index (χ2n) is 11.6. The molecule has 0 aliphatic carbocycles. The minimum Gasteiger partial charge on any atom is -0.492 e. The summed E-state index contributed by atoms with van der Waals surface area (Å²) in [5, 5.41) is 11.4. The molecule has 220 valence electrons. The van der Waals surface area contributed by atoms with Crippen molar-refractivity contribution in [2.24, 2.45) is 0 Å². The van der Waals surface area contributed by atoms with Crippen LogP contribution in [0.3, 0.4) is 0 Å². The van der Waals surface area contributed by atoms with Crippen molar-refractivity contribution in [3.8, 4) is 17.0 Å². The number of pyridine rings is 1. The van der Waals surface area contributed by atoms with Gasteiger partial charge in [0, 0.05) is 37.1 Å². The lowest BCUT2D eigenvalue weighted by Crippen LogP contribution is -2.35. The highest BCUT2D eigenvalue weighted by Crippen LogP contribution is 2.39. The van der Waals surface area contributed by atoms with E-state index in [-0.39, 0.29) is 11.4 Å². The Labute approximate surface area is 248 Å². The number of hydrogen-bond acceptors (Lipinski definition) is 6. The summed E-state index contributed by atoms with van der Waals surface area (Å²) in [6.45, 7) is 13.4. The highest BCUT2D eigenvalue weighted by atomic mass is 16.5. The van der Waals surface area contributed by atoms with Gasteiger partial charge in [-0.25, -0.2) is 4.79 Å². The van der Waals surface area contributed by atoms with Crippen LogP contribution in [0.25, 0.3) is 22.0 Å². The number of nitrogens with zero attached hydrogens (tertiary/aromatic N) is 2. The molecule has 1 aliphatic rings. The quantitative estimate of drug-likeness (QED) is 0.210. The number of rotatable bonds is 8. The van der Waals surface area contributed by atoms with Crippen LogP contribution in [0, 0.1) is 0 Å². The van der Waals surface area contributed by atoms with Crippen LogP contribution < -0.4 is 20.7 Å². The van der Waals surface area contributed by atoms with Crippen molar-refractivity contribution in [1.82, 2.24) is 9.88 Å². The molecule has 0 spiro atoms. The Morgan fingerprint density at radius 2 is 1.64 bits per heavy atom. The zero-order valence-electron chi connectivity index (χ0n) is 25.2. The van der Waals surface area contributed by atoms with Crippen LogP contribution in [0.1, 0.15) is 39.0 Å². The molecule has 2 heterocycles. The van der Waals surface area contributed by atoms with Crippen molar-refractivity contribution in [2.75, 3.05) is 55.9 Å². The molecule has 0 unspecified atom stereocenters. The fourth-order valence-electron chi connectivity index (χ4n) is 5.31. The van der Waals surface area contributed by atoms with E-state index in [0.717, 1.165) is 78.4 Å². The maximum absolute atomic E-state index is 13.4. The molecule has 3 aromatic carbocycles. The molecule has 2 amide bonds. The second-order valence-corrected chi connectivity index (χ2v) is 11.6. The molecule has 5 rings (SSSR count). The topological polar surface area (TPSA) is 87.8 Å². The monoisotopic (exact) mass is 567 g/mol. The predicted molar refractivity (Wildman–Crippen MR) is 172 cm³/mol. The number of urea groups is 1. The fourth-order valence-corrected chi connectivity index (χ4v) is 5.31. The SMILES string of the molecule is CCNc1cc(C(C)(C)C)cc(NC(=O)Nc2ccc(-c3cccc(CN4CCOCC4)n3)c3ccccc23)c1OC. The molecule has 0 saturated carbocycles. The summed E-state index contributed by atoms with van der Waals surface area (Å²) in [7, 11) is 1.62. The summed E-state index contributed by atoms with van der Waals surface area (Å²) in [5.41, 5.74) is 6.12. The third kappa shape index (κ3) is 6.66. The Kier molecular flexibility index (Phi) is 8.94. The van der Waals surface area contributed by atoms with E-state index in [1.54, 1.807) is 7.11 Å². The maximum Gasteiger partial charge on any atom is 0.323 e. The van der Waals surface area contributed by atoms with E-state index in [0.29, 0.717) is 17.1 Å². The first-order valence-corrected chi connectivity index (χ1v) is 14.6. The summed E-state index contributed by atoms with van der Waals surface area (Å²) >= 11 is 0. The van der Waals surface area contributed by atoms with Crippen molar-refractivity contribution in [2.45, 2.75) is 39.7 Å². The van der Waals surface area contributed by atoms with Crippen LogP contribution in [-0.4, -0.2) is 55.9 Å². The molecule has 1 saturated heterocycles. The summed E-state index contributed by atoms with van der Waals surface area (Å²) in [4.78, 5) is 20.8. The number of carbonyl (C=O) groups is 1. The molecule has 0 radical (unpaired) electrons. The smallest absolute Gasteiger partial charge is 0.323 e. The summed E-state index contributed by atoms with van der Waals surface area (Å²) in [5.74, 6) is 0.600. The van der Waals surface area contributed by atoms with Crippen molar-refractivity contribution in [3.05, 3.63) is 78.0 Å². The molecular weight excluding hydrogens is 526 g/mol. The lowest BCUT2D eigenvalue weighted by atomic mass is 9.86. The van der Waals surface area contributed by atoms with Crippen molar-refractivity contribution in [3.63, 3.8) is 0 Å². The Bertz CT molecular complexity index is 1560. The van der Waals surface area contributed by atoms with Gasteiger partial charge in [-0.2, -0.15) is 0 Å². The lowest BCUT2D eigenvalue weighted by molar-refractivity contribution is 0.0336. The number of fused-ring (bicyclic) bond motifs is 1. The highest BCUT2D eigenvalue weighted by molar-refractivity contribution is 6.10. The van der Waals surface area contributed by atoms with E-state index in [4.69, 9.17) is 14.5 Å². The number of morpholine rings is 1. The van der Waals surface area contributed by atoms with Gasteiger partial charge in [0.1, 0.15) is 0 Å². The zero-order chi connectivity index (χ0) is 29.7. The highest BCUT2D eigenvalue weighted by Gasteiger charge is 2.21. The Balaban J connectivity index is 1.42. The molecule has 8 heteroatoms. The average molecular weight is 568 g/mol. The molecule has 8 nitrogen and oxygen atoms in total. The Morgan fingerprint density at radius 3 is 2.36 bits per heavy atom. The summed E-state index contributed by atoms with van der Waals surface area (Å²) in [6.07, 6.45) is 0. The minimum atomic E-state index is -0.342. The normalized spacial score (nSPS) is 14.0. The third-order valence-electron chi connectivity index (χ3n) is 7.52. The molecule has 42 heavy (non-hydrogen) atoms. The van der Waals surface area contributed by atoms with Crippen molar-refractivity contribution in [1.29, 1.82) is 0 Å². The van der Waals surface area contributed by atoms with E-state index >= 15 is 0 Å². The van der Waals surface area contributed by atoms with E-state index in [2.05, 4.69) is 65.9 Å². The number of aromatic nitrogens is 1. The van der Waals surface area contributed by atoms with Gasteiger partial charge in [-0.15, -0.1) is 0 Å². The Hall–Kier alpha value is -4.14. The number of amides is 2. The van der Waals surface area contributed by atoms with Gasteiger partial charge in [-0.3, -0.25) is 9.88 Å². The van der Waals surface area contributed by atoms with Gasteiger partial charge in [0.05, 0.1) is 48.8 Å². The van der Waals surface area contributed by atoms with Crippen LogP contribution >= 0.6 is 0 Å². The molecule has 3 N–H and O–H groups in total. The standard InChI is InChI=1S/C34H41N5O3/c1-6-35-30-20-23(34(2,3)4)21-31(32(30)41-5)38-33(40)37-29-15-14-27(25-11-7-8-12-26(25)29)28-13-9-10-24(36-28)22-39-16-18-42-19-17-39/h7-15,20-21,35H,6,16-19,22H2,1-5H3,(H2,37,38,40). The first kappa shape index (κ1) is 29.4. The minimum absolute atomic E-state index is 0.108. The number of methoxy groups -OCH3 is 1. The predicted octanol–water partition coefficient (Wildman–Crippen LogP) is 7.12. The van der Waals surface area contributed by atoms with Gasteiger partial charge in [0.25, 0.3) is 0 Å². The van der Waals surface area contributed by atoms with Crippen LogP contribution in [0.15, 0.2) is 66.7 Å². The van der Waals surface area contributed by atoms with Gasteiger partial charge in [0.2, 0.25) is 0 Å². The van der Waals surface area contributed by atoms with E-state index in [1.807, 2.05) is 49.4 Å². The molecule has 1 fully saturated rings. The molecule has 1 aromatic heterocycles. The number of ether oxygens (including phenoxy) is 2.